The van der Waals surface area contributed by atoms with E-state index in [9.17, 15) is 43.2 Å². The Hall–Kier alpha value is -2.98. The highest BCUT2D eigenvalue weighted by Crippen LogP contribution is 2.45. The van der Waals surface area contributed by atoms with Crippen LogP contribution in [0.4, 0.5) is 0 Å². The van der Waals surface area contributed by atoms with Crippen molar-refractivity contribution in [2.75, 3.05) is 39.6 Å². The highest BCUT2D eigenvalue weighted by Gasteiger charge is 2.30. The van der Waals surface area contributed by atoms with Crippen molar-refractivity contribution in [3.63, 3.8) is 0 Å². The number of carbonyl (C=O) groups excluding carboxylic acids is 4. The van der Waals surface area contributed by atoms with E-state index in [2.05, 4.69) is 76.3 Å². The molecule has 0 saturated carbocycles. The molecule has 0 fully saturated rings. The highest BCUT2D eigenvalue weighted by molar-refractivity contribution is 7.47. The fourth-order valence-corrected chi connectivity index (χ4v) is 12.4. The maximum Gasteiger partial charge on any atom is 0.472 e. The topological polar surface area (TPSA) is 237 Å². The summed E-state index contributed by atoms with van der Waals surface area (Å²) >= 11 is 0. The summed E-state index contributed by atoms with van der Waals surface area (Å²) in [5.74, 6) is -2.18. The lowest BCUT2D eigenvalue weighted by atomic mass is 10.0. The third-order valence-electron chi connectivity index (χ3n) is 16.8. The number of hydrogen-bond donors (Lipinski definition) is 3. The minimum atomic E-state index is -4.97. The van der Waals surface area contributed by atoms with E-state index in [0.29, 0.717) is 25.7 Å². The Balaban J connectivity index is 5.33. The van der Waals surface area contributed by atoms with Gasteiger partial charge in [-0.2, -0.15) is 0 Å². The molecule has 19 heteroatoms. The molecule has 5 atom stereocenters. The van der Waals surface area contributed by atoms with Gasteiger partial charge < -0.3 is 33.8 Å². The number of esters is 4. The number of aliphatic hydroxyl groups excluding tert-OH is 1. The molecule has 0 aromatic rings. The van der Waals surface area contributed by atoms with E-state index in [1.165, 1.54) is 141 Å². The summed E-state index contributed by atoms with van der Waals surface area (Å²) in [6.07, 6.45) is 66.6. The van der Waals surface area contributed by atoms with Crippen LogP contribution in [0.1, 0.15) is 362 Å². The number of phosphoric ester groups is 2. The second kappa shape index (κ2) is 70.5. The molecule has 562 valence electrons. The van der Waals surface area contributed by atoms with Gasteiger partial charge in [-0.3, -0.25) is 37.3 Å². The van der Waals surface area contributed by atoms with Crippen LogP contribution in [0.5, 0.6) is 0 Å². The van der Waals surface area contributed by atoms with Crippen molar-refractivity contribution in [1.29, 1.82) is 0 Å². The fraction of sp³-hybridized carbons (Fsp3) is 0.844. The summed E-state index contributed by atoms with van der Waals surface area (Å²) in [6, 6.07) is 0. The molecule has 2 unspecified atom stereocenters. The Bertz CT molecular complexity index is 2010. The van der Waals surface area contributed by atoms with E-state index in [1.807, 2.05) is 0 Å². The maximum atomic E-state index is 13.1. The molecular formula is C77H142O17P2. The van der Waals surface area contributed by atoms with Gasteiger partial charge in [0.05, 0.1) is 26.4 Å². The van der Waals surface area contributed by atoms with E-state index in [1.54, 1.807) is 0 Å². The van der Waals surface area contributed by atoms with Gasteiger partial charge in [0, 0.05) is 25.7 Å². The molecule has 17 nitrogen and oxygen atoms in total. The van der Waals surface area contributed by atoms with E-state index in [-0.39, 0.29) is 25.7 Å². The molecule has 0 rings (SSSR count). The number of ether oxygens (including phenoxy) is 4. The van der Waals surface area contributed by atoms with Crippen LogP contribution in [0, 0.1) is 0 Å². The number of rotatable bonds is 74. The average Bonchev–Trinajstić information content (AvgIpc) is 1.29. The Morgan fingerprint density at radius 1 is 0.292 bits per heavy atom. The molecule has 0 aliphatic rings. The summed E-state index contributed by atoms with van der Waals surface area (Å²) in [5, 5.41) is 10.6. The minimum absolute atomic E-state index is 0.0805. The summed E-state index contributed by atoms with van der Waals surface area (Å²) in [5.41, 5.74) is 0. The first-order valence-electron chi connectivity index (χ1n) is 38.9. The van der Waals surface area contributed by atoms with E-state index in [4.69, 9.17) is 37.0 Å². The SMILES string of the molecule is CCCCCC/C=C\C=C/CCCCCCCC(=O)O[C@H](COC(=O)CCCCCCC/C=C\CCCCCC)COP(=O)(O)OC[C@H](O)COP(=O)(O)OC[C@@H](COC(=O)CCCCCCC/C=C\CCCCCCCC)OC(=O)CCCCCCCCCCCCCCC. The standard InChI is InChI=1S/C77H142O17P2/c1-5-9-13-17-21-25-29-33-35-39-42-46-50-54-58-62-75(80)88-68-72(93-76(81)63-59-55-51-47-43-38-32-28-24-20-16-12-8-4)69-91-95(83,84)89-65-71(78)66-90-96(85,86)92-70-73(67-87-74(79)61-57-53-49-45-41-37-31-27-23-19-15-11-7-3)94-77(82)64-60-56-52-48-44-40-36-34-30-26-22-18-14-10-6-2/h26-27,30-31,33-36,71-73,78H,5-25,28-29,32,37-70H2,1-4H3,(H,83,84)(H,85,86)/b30-26-,31-27-,35-33-,36-34-/t71-,72-,73-/m1/s1. The van der Waals surface area contributed by atoms with Gasteiger partial charge in [-0.15, -0.1) is 0 Å². The minimum Gasteiger partial charge on any atom is -0.462 e. The highest BCUT2D eigenvalue weighted by atomic mass is 31.2. The molecule has 0 aliphatic heterocycles. The molecule has 0 aliphatic carbocycles. The van der Waals surface area contributed by atoms with Crippen LogP contribution < -0.4 is 0 Å². The first-order chi connectivity index (χ1) is 46.7. The molecular weight excluding hydrogens is 1260 g/mol. The summed E-state index contributed by atoms with van der Waals surface area (Å²) < 4.78 is 68.5. The van der Waals surface area contributed by atoms with Gasteiger partial charge in [-0.05, 0) is 103 Å². The Morgan fingerprint density at radius 2 is 0.510 bits per heavy atom. The van der Waals surface area contributed by atoms with Crippen molar-refractivity contribution in [3.8, 4) is 0 Å². The summed E-state index contributed by atoms with van der Waals surface area (Å²) in [4.78, 5) is 72.8. The van der Waals surface area contributed by atoms with Crippen LogP contribution in [-0.2, 0) is 65.4 Å². The fourth-order valence-electron chi connectivity index (χ4n) is 10.8. The van der Waals surface area contributed by atoms with Gasteiger partial charge >= 0.3 is 39.5 Å². The number of aliphatic hydroxyl groups is 1. The molecule has 0 spiro atoms. The van der Waals surface area contributed by atoms with Crippen LogP contribution in [0.3, 0.4) is 0 Å². The average molecular weight is 1400 g/mol. The second-order valence-corrected chi connectivity index (χ2v) is 29.2. The molecule has 0 amide bonds. The number of unbranched alkanes of at least 4 members (excludes halogenated alkanes) is 41. The van der Waals surface area contributed by atoms with Gasteiger partial charge in [0.1, 0.15) is 19.3 Å². The molecule has 0 aromatic heterocycles. The zero-order valence-corrected chi connectivity index (χ0v) is 63.1. The van der Waals surface area contributed by atoms with Gasteiger partial charge in [-0.1, -0.05) is 282 Å². The molecule has 0 bridgehead atoms. The van der Waals surface area contributed by atoms with Gasteiger partial charge in [0.15, 0.2) is 12.2 Å². The van der Waals surface area contributed by atoms with Crippen molar-refractivity contribution < 1.29 is 80.2 Å². The van der Waals surface area contributed by atoms with Crippen LogP contribution in [0.15, 0.2) is 48.6 Å². The lowest BCUT2D eigenvalue weighted by molar-refractivity contribution is -0.161. The van der Waals surface area contributed by atoms with Crippen LogP contribution in [0.2, 0.25) is 0 Å². The third kappa shape index (κ3) is 69.5. The Morgan fingerprint density at radius 3 is 0.792 bits per heavy atom. The first-order valence-corrected chi connectivity index (χ1v) is 41.9. The van der Waals surface area contributed by atoms with Gasteiger partial charge in [0.25, 0.3) is 0 Å². The molecule has 0 radical (unpaired) electrons. The van der Waals surface area contributed by atoms with Crippen molar-refractivity contribution in [3.05, 3.63) is 48.6 Å². The summed E-state index contributed by atoms with van der Waals surface area (Å²) in [7, 11) is -9.94. The zero-order valence-electron chi connectivity index (χ0n) is 61.3. The molecule has 96 heavy (non-hydrogen) atoms. The third-order valence-corrected chi connectivity index (χ3v) is 18.7. The van der Waals surface area contributed by atoms with E-state index < -0.39 is 97.5 Å². The first kappa shape index (κ1) is 93.0. The normalized spacial score (nSPS) is 14.2. The predicted molar refractivity (Wildman–Crippen MR) is 390 cm³/mol. The molecule has 0 aromatic carbocycles. The Labute approximate surface area is 585 Å². The van der Waals surface area contributed by atoms with Crippen molar-refractivity contribution >= 4 is 39.5 Å². The Kier molecular flexibility index (Phi) is 68.3. The van der Waals surface area contributed by atoms with Gasteiger partial charge in [-0.25, -0.2) is 9.13 Å². The van der Waals surface area contributed by atoms with Crippen molar-refractivity contribution in [2.45, 2.75) is 380 Å². The largest absolute Gasteiger partial charge is 0.472 e. The molecule has 0 saturated heterocycles. The lowest BCUT2D eigenvalue weighted by Gasteiger charge is -2.21. The zero-order chi connectivity index (χ0) is 70.4. The van der Waals surface area contributed by atoms with Crippen LogP contribution >= 0.6 is 15.6 Å². The monoisotopic (exact) mass is 1400 g/mol. The van der Waals surface area contributed by atoms with Crippen LogP contribution in [-0.4, -0.2) is 96.7 Å². The smallest absolute Gasteiger partial charge is 0.462 e. The summed E-state index contributed by atoms with van der Waals surface area (Å²) in [6.45, 7) is 4.86. The van der Waals surface area contributed by atoms with E-state index >= 15 is 0 Å². The van der Waals surface area contributed by atoms with Crippen molar-refractivity contribution in [2.24, 2.45) is 0 Å². The number of phosphoric acid groups is 2. The quantitative estimate of drug-likeness (QED) is 0.0128. The molecule has 3 N–H and O–H groups in total. The maximum absolute atomic E-state index is 13.1. The number of hydrogen-bond acceptors (Lipinski definition) is 15. The van der Waals surface area contributed by atoms with Crippen LogP contribution in [0.25, 0.3) is 0 Å². The number of carbonyl (C=O) groups is 4. The van der Waals surface area contributed by atoms with Gasteiger partial charge in [0.2, 0.25) is 0 Å². The van der Waals surface area contributed by atoms with Crippen molar-refractivity contribution in [1.82, 2.24) is 0 Å². The van der Waals surface area contributed by atoms with E-state index in [0.717, 1.165) is 141 Å². The second-order valence-electron chi connectivity index (χ2n) is 26.3. The number of allylic oxidation sites excluding steroid dienone is 8. The molecule has 0 heterocycles. The lowest BCUT2D eigenvalue weighted by Crippen LogP contribution is -2.30. The predicted octanol–water partition coefficient (Wildman–Crippen LogP) is 22.1.